The number of aliphatic carboxylic acids is 1. The molecule has 1 saturated carbocycles. The van der Waals surface area contributed by atoms with Gasteiger partial charge in [-0.05, 0) is 55.0 Å². The Bertz CT molecular complexity index is 782. The number of carboxylic acid groups (broad SMARTS) is 1. The maximum Gasteiger partial charge on any atom is 0.306 e. The minimum absolute atomic E-state index is 0.215. The highest BCUT2D eigenvalue weighted by molar-refractivity contribution is 5.69. The van der Waals surface area contributed by atoms with Crippen molar-refractivity contribution in [2.45, 2.75) is 32.3 Å². The second-order valence-electron chi connectivity index (χ2n) is 7.03. The summed E-state index contributed by atoms with van der Waals surface area (Å²) >= 11 is 0. The van der Waals surface area contributed by atoms with Crippen LogP contribution in [0.1, 0.15) is 25.3 Å². The van der Waals surface area contributed by atoms with Crippen LogP contribution in [0.2, 0.25) is 0 Å². The van der Waals surface area contributed by atoms with Crippen LogP contribution in [0.15, 0.2) is 42.5 Å². The predicted octanol–water partition coefficient (Wildman–Crippen LogP) is 4.46. The van der Waals surface area contributed by atoms with Crippen LogP contribution in [0, 0.1) is 23.5 Å². The van der Waals surface area contributed by atoms with Crippen molar-refractivity contribution in [3.63, 3.8) is 0 Å². The van der Waals surface area contributed by atoms with Gasteiger partial charge in [0.05, 0.1) is 18.6 Å². The fourth-order valence-electron chi connectivity index (χ4n) is 3.09. The van der Waals surface area contributed by atoms with Gasteiger partial charge in [0.2, 0.25) is 0 Å². The molecule has 1 unspecified atom stereocenters. The number of halogens is 2. The summed E-state index contributed by atoms with van der Waals surface area (Å²) in [5.41, 5.74) is 0.909. The van der Waals surface area contributed by atoms with E-state index in [1.54, 1.807) is 6.92 Å². The molecule has 1 atom stereocenters. The molecule has 6 heteroatoms. The molecular weight excluding hydrogens is 354 g/mol. The highest BCUT2D eigenvalue weighted by atomic mass is 19.1. The zero-order chi connectivity index (χ0) is 19.4. The van der Waals surface area contributed by atoms with Crippen LogP contribution in [0.3, 0.4) is 0 Å². The van der Waals surface area contributed by atoms with E-state index in [4.69, 9.17) is 14.6 Å². The molecule has 3 rings (SSSR count). The van der Waals surface area contributed by atoms with Crippen molar-refractivity contribution in [1.29, 1.82) is 0 Å². The molecule has 0 saturated heterocycles. The van der Waals surface area contributed by atoms with Crippen LogP contribution < -0.4 is 9.47 Å². The SMILES string of the molecule is CC(Cc1cccc(OCC2CC(Oc3c(F)cccc3F)C2)c1)C(=O)O. The molecule has 27 heavy (non-hydrogen) atoms. The Morgan fingerprint density at radius 3 is 2.52 bits per heavy atom. The minimum atomic E-state index is -0.826. The first-order valence-electron chi connectivity index (χ1n) is 8.97. The number of carbonyl (C=O) groups is 1. The summed E-state index contributed by atoms with van der Waals surface area (Å²) in [6.07, 6.45) is 1.57. The second kappa shape index (κ2) is 8.37. The number of ether oxygens (including phenoxy) is 2. The largest absolute Gasteiger partial charge is 0.493 e. The minimum Gasteiger partial charge on any atom is -0.493 e. The van der Waals surface area contributed by atoms with E-state index in [2.05, 4.69) is 0 Å². The summed E-state index contributed by atoms with van der Waals surface area (Å²) in [7, 11) is 0. The Hall–Kier alpha value is -2.63. The van der Waals surface area contributed by atoms with Crippen LogP contribution in [0.4, 0.5) is 8.78 Å². The summed E-state index contributed by atoms with van der Waals surface area (Å²) in [5, 5.41) is 9.00. The lowest BCUT2D eigenvalue weighted by atomic mass is 9.83. The van der Waals surface area contributed by atoms with Crippen molar-refractivity contribution >= 4 is 5.97 Å². The Kier molecular flexibility index (Phi) is 5.94. The molecular formula is C21H22F2O4. The van der Waals surface area contributed by atoms with Gasteiger partial charge in [-0.2, -0.15) is 0 Å². The molecule has 0 radical (unpaired) electrons. The number of para-hydroxylation sites is 1. The lowest BCUT2D eigenvalue weighted by Gasteiger charge is -2.35. The lowest BCUT2D eigenvalue weighted by Crippen LogP contribution is -2.37. The summed E-state index contributed by atoms with van der Waals surface area (Å²) in [6.45, 7) is 2.15. The van der Waals surface area contributed by atoms with E-state index in [9.17, 15) is 13.6 Å². The third kappa shape index (κ3) is 4.96. The van der Waals surface area contributed by atoms with Crippen molar-refractivity contribution < 1.29 is 28.2 Å². The first-order chi connectivity index (χ1) is 12.9. The molecule has 0 bridgehead atoms. The average Bonchev–Trinajstić information content (AvgIpc) is 2.59. The van der Waals surface area contributed by atoms with Gasteiger partial charge in [-0.1, -0.05) is 25.1 Å². The van der Waals surface area contributed by atoms with E-state index in [0.29, 0.717) is 31.6 Å². The molecule has 4 nitrogen and oxygen atoms in total. The van der Waals surface area contributed by atoms with Crippen molar-refractivity contribution in [3.8, 4) is 11.5 Å². The van der Waals surface area contributed by atoms with Crippen molar-refractivity contribution in [2.75, 3.05) is 6.61 Å². The van der Waals surface area contributed by atoms with Crippen molar-refractivity contribution in [1.82, 2.24) is 0 Å². The number of hydrogen-bond acceptors (Lipinski definition) is 3. The Morgan fingerprint density at radius 1 is 1.19 bits per heavy atom. The van der Waals surface area contributed by atoms with Gasteiger partial charge in [0.25, 0.3) is 0 Å². The fraction of sp³-hybridized carbons (Fsp3) is 0.381. The zero-order valence-electron chi connectivity index (χ0n) is 15.0. The summed E-state index contributed by atoms with van der Waals surface area (Å²) in [6, 6.07) is 11.1. The van der Waals surface area contributed by atoms with E-state index in [0.717, 1.165) is 5.56 Å². The Morgan fingerprint density at radius 2 is 1.85 bits per heavy atom. The van der Waals surface area contributed by atoms with E-state index < -0.39 is 23.5 Å². The summed E-state index contributed by atoms with van der Waals surface area (Å²) < 4.78 is 38.4. The quantitative estimate of drug-likeness (QED) is 0.739. The molecule has 0 aliphatic heterocycles. The van der Waals surface area contributed by atoms with Gasteiger partial charge < -0.3 is 14.6 Å². The molecule has 1 aliphatic rings. The van der Waals surface area contributed by atoms with Crippen LogP contribution in [-0.2, 0) is 11.2 Å². The van der Waals surface area contributed by atoms with Gasteiger partial charge in [-0.3, -0.25) is 4.79 Å². The number of hydrogen-bond donors (Lipinski definition) is 1. The molecule has 2 aromatic carbocycles. The predicted molar refractivity (Wildman–Crippen MR) is 95.9 cm³/mol. The van der Waals surface area contributed by atoms with Gasteiger partial charge in [-0.15, -0.1) is 0 Å². The van der Waals surface area contributed by atoms with Crippen LogP contribution in [0.5, 0.6) is 11.5 Å². The van der Waals surface area contributed by atoms with Crippen molar-refractivity contribution in [3.05, 3.63) is 59.7 Å². The maximum absolute atomic E-state index is 13.6. The van der Waals surface area contributed by atoms with E-state index in [1.165, 1.54) is 18.2 Å². The Balaban J connectivity index is 1.45. The standard InChI is InChI=1S/C21H22F2O4/c1-13(21(24)25)8-14-4-2-5-16(9-14)26-12-15-10-17(11-15)27-20-18(22)6-3-7-19(20)23/h2-7,9,13,15,17H,8,10-12H2,1H3,(H,24,25). The summed E-state index contributed by atoms with van der Waals surface area (Å²) in [4.78, 5) is 11.0. The molecule has 0 spiro atoms. The fourth-order valence-corrected chi connectivity index (χ4v) is 3.09. The maximum atomic E-state index is 13.6. The molecule has 1 fully saturated rings. The van der Waals surface area contributed by atoms with E-state index >= 15 is 0 Å². The topological polar surface area (TPSA) is 55.8 Å². The third-order valence-electron chi connectivity index (χ3n) is 4.74. The molecule has 144 valence electrons. The first-order valence-corrected chi connectivity index (χ1v) is 8.97. The number of rotatable bonds is 8. The highest BCUT2D eigenvalue weighted by Gasteiger charge is 2.32. The molecule has 0 aromatic heterocycles. The van der Waals surface area contributed by atoms with Gasteiger partial charge in [0.1, 0.15) is 5.75 Å². The van der Waals surface area contributed by atoms with Crippen LogP contribution in [-0.4, -0.2) is 23.8 Å². The van der Waals surface area contributed by atoms with Crippen LogP contribution >= 0.6 is 0 Å². The number of benzene rings is 2. The van der Waals surface area contributed by atoms with Gasteiger partial charge in [0, 0.05) is 0 Å². The van der Waals surface area contributed by atoms with Gasteiger partial charge >= 0.3 is 5.97 Å². The average molecular weight is 376 g/mol. The smallest absolute Gasteiger partial charge is 0.306 e. The molecule has 2 aromatic rings. The molecule has 0 amide bonds. The Labute approximate surface area is 156 Å². The molecule has 1 aliphatic carbocycles. The van der Waals surface area contributed by atoms with E-state index in [1.807, 2.05) is 24.3 Å². The zero-order valence-corrected chi connectivity index (χ0v) is 15.0. The summed E-state index contributed by atoms with van der Waals surface area (Å²) in [5.74, 6) is -2.04. The monoisotopic (exact) mass is 376 g/mol. The highest BCUT2D eigenvalue weighted by Crippen LogP contribution is 2.34. The normalized spacial score (nSPS) is 19.8. The van der Waals surface area contributed by atoms with Crippen LogP contribution in [0.25, 0.3) is 0 Å². The van der Waals surface area contributed by atoms with Gasteiger partial charge in [0.15, 0.2) is 17.4 Å². The van der Waals surface area contributed by atoms with Crippen molar-refractivity contribution in [2.24, 2.45) is 11.8 Å². The van der Waals surface area contributed by atoms with E-state index in [-0.39, 0.29) is 17.8 Å². The number of carboxylic acids is 1. The first kappa shape index (κ1) is 19.1. The molecule has 1 N–H and O–H groups in total. The second-order valence-corrected chi connectivity index (χ2v) is 7.03. The lowest BCUT2D eigenvalue weighted by molar-refractivity contribution is -0.141. The van der Waals surface area contributed by atoms with Gasteiger partial charge in [-0.25, -0.2) is 8.78 Å². The molecule has 0 heterocycles. The third-order valence-corrected chi connectivity index (χ3v) is 4.74.